The van der Waals surface area contributed by atoms with Gasteiger partial charge in [-0.1, -0.05) is 38.3 Å². The Labute approximate surface area is 105 Å². The van der Waals surface area contributed by atoms with E-state index in [1.807, 2.05) is 6.92 Å². The van der Waals surface area contributed by atoms with E-state index in [4.69, 9.17) is 10.9 Å². The summed E-state index contributed by atoms with van der Waals surface area (Å²) in [5, 5.41) is 15.1. The molecule has 0 radical (unpaired) electrons. The molecule has 0 spiro atoms. The van der Waals surface area contributed by atoms with Crippen molar-refractivity contribution in [1.82, 2.24) is 5.32 Å². The minimum Gasteiger partial charge on any atom is -0.409 e. The van der Waals surface area contributed by atoms with Gasteiger partial charge in [0.15, 0.2) is 5.84 Å². The van der Waals surface area contributed by atoms with Gasteiger partial charge in [-0.25, -0.2) is 0 Å². The average Bonchev–Trinajstić information content (AvgIpc) is 2.34. The summed E-state index contributed by atoms with van der Waals surface area (Å²) < 4.78 is 0. The van der Waals surface area contributed by atoms with Crippen molar-refractivity contribution in [1.29, 1.82) is 0 Å². The van der Waals surface area contributed by atoms with Crippen LogP contribution in [0.2, 0.25) is 0 Å². The van der Waals surface area contributed by atoms with Gasteiger partial charge in [0.25, 0.3) is 0 Å². The summed E-state index contributed by atoms with van der Waals surface area (Å²) in [6.45, 7) is 5.36. The Bertz CT molecular complexity index is 243. The van der Waals surface area contributed by atoms with E-state index < -0.39 is 0 Å². The normalized spacial score (nSPS) is 28.0. The third-order valence-corrected chi connectivity index (χ3v) is 3.87. The lowest BCUT2D eigenvalue weighted by molar-refractivity contribution is 0.266. The second-order valence-corrected chi connectivity index (χ2v) is 5.37. The van der Waals surface area contributed by atoms with Gasteiger partial charge < -0.3 is 16.3 Å². The number of nitrogens with two attached hydrogens (primary N) is 1. The van der Waals surface area contributed by atoms with Crippen LogP contribution in [-0.2, 0) is 0 Å². The zero-order chi connectivity index (χ0) is 12.7. The lowest BCUT2D eigenvalue weighted by Crippen LogP contribution is -2.41. The van der Waals surface area contributed by atoms with Gasteiger partial charge in [-0.3, -0.25) is 0 Å². The van der Waals surface area contributed by atoms with E-state index in [0.29, 0.717) is 5.84 Å². The SMILES string of the molecule is CCC(NCCC1CCCC(C)C1)C(N)=NO. The number of nitrogens with one attached hydrogen (secondary N) is 1. The van der Waals surface area contributed by atoms with Gasteiger partial charge in [0, 0.05) is 0 Å². The molecule has 0 aliphatic heterocycles. The van der Waals surface area contributed by atoms with E-state index in [1.54, 1.807) is 0 Å². The van der Waals surface area contributed by atoms with Gasteiger partial charge in [-0.05, 0) is 37.6 Å². The minimum atomic E-state index is 0.0148. The molecule has 1 rings (SSSR count). The largest absolute Gasteiger partial charge is 0.409 e. The molecule has 17 heavy (non-hydrogen) atoms. The van der Waals surface area contributed by atoms with E-state index >= 15 is 0 Å². The Kier molecular flexibility index (Phi) is 6.34. The predicted octanol–water partition coefficient (Wildman–Crippen LogP) is 2.32. The van der Waals surface area contributed by atoms with Crippen molar-refractivity contribution in [2.75, 3.05) is 6.54 Å². The molecule has 0 aromatic carbocycles. The number of hydrogen-bond donors (Lipinski definition) is 3. The maximum atomic E-state index is 8.64. The molecule has 4 nitrogen and oxygen atoms in total. The highest BCUT2D eigenvalue weighted by molar-refractivity contribution is 5.85. The van der Waals surface area contributed by atoms with E-state index in [9.17, 15) is 0 Å². The lowest BCUT2D eigenvalue weighted by Gasteiger charge is -2.27. The quantitative estimate of drug-likeness (QED) is 0.289. The smallest absolute Gasteiger partial charge is 0.156 e. The third kappa shape index (κ3) is 4.94. The van der Waals surface area contributed by atoms with Crippen LogP contribution in [0.5, 0.6) is 0 Å². The molecule has 0 amide bonds. The molecule has 1 fully saturated rings. The monoisotopic (exact) mass is 241 g/mol. The standard InChI is InChI=1S/C13H27N3O/c1-3-12(13(14)16-17)15-8-7-11-6-4-5-10(2)9-11/h10-12,15,17H,3-9H2,1-2H3,(H2,14,16). The van der Waals surface area contributed by atoms with Crippen LogP contribution in [0.4, 0.5) is 0 Å². The molecule has 0 aromatic heterocycles. The Morgan fingerprint density at radius 3 is 2.88 bits per heavy atom. The molecule has 4 N–H and O–H groups in total. The molecular formula is C13H27N3O. The molecule has 4 heteroatoms. The first-order valence-corrected chi connectivity index (χ1v) is 6.88. The maximum absolute atomic E-state index is 8.64. The van der Waals surface area contributed by atoms with Crippen LogP contribution < -0.4 is 11.1 Å². The second kappa shape index (κ2) is 7.54. The molecule has 0 saturated heterocycles. The summed E-state index contributed by atoms with van der Waals surface area (Å²) in [7, 11) is 0. The van der Waals surface area contributed by atoms with Crippen LogP contribution in [0.3, 0.4) is 0 Å². The maximum Gasteiger partial charge on any atom is 0.156 e. The molecule has 100 valence electrons. The first-order valence-electron chi connectivity index (χ1n) is 6.88. The summed E-state index contributed by atoms with van der Waals surface area (Å²) in [6.07, 6.45) is 7.57. The van der Waals surface area contributed by atoms with Crippen LogP contribution >= 0.6 is 0 Å². The lowest BCUT2D eigenvalue weighted by atomic mass is 9.81. The molecule has 0 heterocycles. The summed E-state index contributed by atoms with van der Waals surface area (Å²) >= 11 is 0. The van der Waals surface area contributed by atoms with Crippen LogP contribution in [0.25, 0.3) is 0 Å². The summed E-state index contributed by atoms with van der Waals surface area (Å²) in [4.78, 5) is 0. The fourth-order valence-corrected chi connectivity index (χ4v) is 2.81. The van der Waals surface area contributed by atoms with Crippen LogP contribution in [0.1, 0.15) is 52.4 Å². The van der Waals surface area contributed by atoms with Crippen molar-refractivity contribution in [3.63, 3.8) is 0 Å². The first-order chi connectivity index (χ1) is 8.17. The molecule has 1 aliphatic carbocycles. The first kappa shape index (κ1) is 14.3. The van der Waals surface area contributed by atoms with E-state index in [0.717, 1.165) is 24.8 Å². The number of hydrogen-bond acceptors (Lipinski definition) is 3. The zero-order valence-corrected chi connectivity index (χ0v) is 11.2. The van der Waals surface area contributed by atoms with Gasteiger partial charge >= 0.3 is 0 Å². The average molecular weight is 241 g/mol. The van der Waals surface area contributed by atoms with E-state index in [1.165, 1.54) is 32.1 Å². The van der Waals surface area contributed by atoms with Gasteiger partial charge in [0.1, 0.15) is 0 Å². The van der Waals surface area contributed by atoms with Gasteiger partial charge in [-0.2, -0.15) is 0 Å². The van der Waals surface area contributed by atoms with Crippen molar-refractivity contribution in [2.45, 2.75) is 58.4 Å². The van der Waals surface area contributed by atoms with E-state index in [-0.39, 0.29) is 6.04 Å². The van der Waals surface area contributed by atoms with Crippen molar-refractivity contribution in [3.05, 3.63) is 0 Å². The van der Waals surface area contributed by atoms with Crippen LogP contribution in [-0.4, -0.2) is 23.6 Å². The molecule has 1 aliphatic rings. The van der Waals surface area contributed by atoms with Gasteiger partial charge in [0.05, 0.1) is 6.04 Å². The zero-order valence-electron chi connectivity index (χ0n) is 11.2. The fraction of sp³-hybridized carbons (Fsp3) is 0.923. The van der Waals surface area contributed by atoms with Crippen molar-refractivity contribution < 1.29 is 5.21 Å². The molecular weight excluding hydrogens is 214 g/mol. The van der Waals surface area contributed by atoms with Crippen LogP contribution in [0, 0.1) is 11.8 Å². The van der Waals surface area contributed by atoms with Gasteiger partial charge in [0.2, 0.25) is 0 Å². The van der Waals surface area contributed by atoms with Gasteiger partial charge in [-0.15, -0.1) is 0 Å². The minimum absolute atomic E-state index is 0.0148. The molecule has 1 saturated carbocycles. The Balaban J connectivity index is 2.21. The summed E-state index contributed by atoms with van der Waals surface area (Å²) in [6, 6.07) is 0.0148. The number of oxime groups is 1. The van der Waals surface area contributed by atoms with E-state index in [2.05, 4.69) is 17.4 Å². The highest BCUT2D eigenvalue weighted by Crippen LogP contribution is 2.30. The number of rotatable bonds is 6. The second-order valence-electron chi connectivity index (χ2n) is 5.37. The molecule has 0 bridgehead atoms. The summed E-state index contributed by atoms with van der Waals surface area (Å²) in [5.74, 6) is 2.04. The predicted molar refractivity (Wildman–Crippen MR) is 71.2 cm³/mol. The highest BCUT2D eigenvalue weighted by Gasteiger charge is 2.19. The van der Waals surface area contributed by atoms with Crippen molar-refractivity contribution in [2.24, 2.45) is 22.7 Å². The Morgan fingerprint density at radius 2 is 2.29 bits per heavy atom. The Morgan fingerprint density at radius 1 is 1.53 bits per heavy atom. The number of amidine groups is 1. The van der Waals surface area contributed by atoms with Crippen molar-refractivity contribution >= 4 is 5.84 Å². The summed E-state index contributed by atoms with van der Waals surface area (Å²) in [5.41, 5.74) is 5.61. The number of nitrogens with zero attached hydrogens (tertiary/aromatic N) is 1. The van der Waals surface area contributed by atoms with Crippen molar-refractivity contribution in [3.8, 4) is 0 Å². The topological polar surface area (TPSA) is 70.6 Å². The fourth-order valence-electron chi connectivity index (χ4n) is 2.81. The molecule has 3 unspecified atom stereocenters. The Hall–Kier alpha value is -0.770. The highest BCUT2D eigenvalue weighted by atomic mass is 16.4. The molecule has 3 atom stereocenters. The van der Waals surface area contributed by atoms with Crippen LogP contribution in [0.15, 0.2) is 5.16 Å². The third-order valence-electron chi connectivity index (χ3n) is 3.87. The molecule has 0 aromatic rings.